The van der Waals surface area contributed by atoms with Gasteiger partial charge in [0.05, 0.1) is 0 Å². The number of ketones is 1. The Balaban J connectivity index is 5.49. The number of nitrogens with zero attached hydrogens (tertiary/aromatic N) is 1. The van der Waals surface area contributed by atoms with Crippen molar-refractivity contribution in [2.75, 3.05) is 6.54 Å². The lowest BCUT2D eigenvalue weighted by Crippen LogP contribution is -2.40. The minimum Gasteiger partial charge on any atom is -0.368 e. The molecule has 0 aromatic carbocycles. The van der Waals surface area contributed by atoms with Gasteiger partial charge in [-0.3, -0.25) is 4.79 Å². The molecule has 0 rings (SSSR count). The van der Waals surface area contributed by atoms with Crippen LogP contribution in [0.2, 0.25) is 0 Å². The Morgan fingerprint density at radius 1 is 1.04 bits per heavy atom. The molecule has 0 aromatic rings. The van der Waals surface area contributed by atoms with Crippen molar-refractivity contribution in [3.05, 3.63) is 23.9 Å². The molecule has 2 nitrogen and oxygen atoms in total. The first-order valence-electron chi connectivity index (χ1n) is 10.1. The van der Waals surface area contributed by atoms with Crippen LogP contribution in [0.1, 0.15) is 94.4 Å². The zero-order chi connectivity index (χ0) is 19.8. The monoisotopic (exact) mass is 349 g/mol. The molecule has 0 aliphatic heterocycles. The van der Waals surface area contributed by atoms with Crippen LogP contribution in [0.25, 0.3) is 0 Å². The molecule has 0 aliphatic rings. The number of carbonyl (C=O) groups excluding carboxylic acids is 1. The highest BCUT2D eigenvalue weighted by atomic mass is 16.1. The Hall–Kier alpha value is -1.05. The van der Waals surface area contributed by atoms with Crippen LogP contribution in [0.4, 0.5) is 0 Å². The van der Waals surface area contributed by atoms with E-state index in [1.54, 1.807) is 0 Å². The number of rotatable bonds is 12. The molecule has 0 heterocycles. The average molecular weight is 350 g/mol. The Labute approximate surface area is 157 Å². The van der Waals surface area contributed by atoms with Crippen molar-refractivity contribution in [3.8, 4) is 0 Å². The van der Waals surface area contributed by atoms with Gasteiger partial charge in [-0.05, 0) is 43.9 Å². The van der Waals surface area contributed by atoms with Crippen molar-refractivity contribution in [2.45, 2.75) is 100 Å². The molecule has 2 heteroatoms. The minimum atomic E-state index is -0.0305. The number of hydrogen-bond acceptors (Lipinski definition) is 2. The van der Waals surface area contributed by atoms with E-state index in [4.69, 9.17) is 0 Å². The topological polar surface area (TPSA) is 20.3 Å². The van der Waals surface area contributed by atoms with Gasteiger partial charge in [-0.1, -0.05) is 66.7 Å². The van der Waals surface area contributed by atoms with E-state index < -0.39 is 0 Å². The summed E-state index contributed by atoms with van der Waals surface area (Å²) in [7, 11) is 0. The molecular weight excluding hydrogens is 306 g/mol. The van der Waals surface area contributed by atoms with E-state index in [1.165, 1.54) is 11.3 Å². The second kappa shape index (κ2) is 10.2. The summed E-state index contributed by atoms with van der Waals surface area (Å²) in [4.78, 5) is 14.6. The lowest BCUT2D eigenvalue weighted by Gasteiger charge is -2.45. The third kappa shape index (κ3) is 6.99. The van der Waals surface area contributed by atoms with E-state index in [-0.39, 0.29) is 10.8 Å². The highest BCUT2D eigenvalue weighted by Gasteiger charge is 2.39. The van der Waals surface area contributed by atoms with Gasteiger partial charge < -0.3 is 4.90 Å². The maximum absolute atomic E-state index is 12.1. The standard InChI is InChI=1S/C23H43NO/c1-11-18(5)17-24(19(6)12-2)20(13-3)15-22(7,8)23(9,10)16-21(25)14-4/h13,19H,5,11-12,14-17H2,1-4,6-10H3/b20-13+. The van der Waals surface area contributed by atoms with E-state index in [1.807, 2.05) is 6.92 Å². The van der Waals surface area contributed by atoms with Crippen LogP contribution < -0.4 is 0 Å². The van der Waals surface area contributed by atoms with Crippen LogP contribution in [0.5, 0.6) is 0 Å². The largest absolute Gasteiger partial charge is 0.368 e. The summed E-state index contributed by atoms with van der Waals surface area (Å²) in [6, 6.07) is 0.491. The predicted octanol–water partition coefficient (Wildman–Crippen LogP) is 6.77. The fraction of sp³-hybridized carbons (Fsp3) is 0.783. The van der Waals surface area contributed by atoms with Crippen LogP contribution in [-0.4, -0.2) is 23.3 Å². The fourth-order valence-electron chi connectivity index (χ4n) is 3.03. The van der Waals surface area contributed by atoms with E-state index in [2.05, 4.69) is 72.9 Å². The van der Waals surface area contributed by atoms with Crippen LogP contribution in [0, 0.1) is 10.8 Å². The molecule has 0 saturated carbocycles. The molecule has 0 spiro atoms. The first kappa shape index (κ1) is 23.9. The summed E-state index contributed by atoms with van der Waals surface area (Å²) in [5.41, 5.74) is 2.67. The molecule has 146 valence electrons. The predicted molar refractivity (Wildman–Crippen MR) is 112 cm³/mol. The number of hydrogen-bond donors (Lipinski definition) is 0. The SMILES string of the molecule is C=C(CC)CN(/C(=C/C)CC(C)(C)C(C)(C)CC(=O)CC)C(C)CC. The van der Waals surface area contributed by atoms with Crippen molar-refractivity contribution in [1.29, 1.82) is 0 Å². The van der Waals surface area contributed by atoms with Crippen LogP contribution >= 0.6 is 0 Å². The van der Waals surface area contributed by atoms with Gasteiger partial charge in [0.15, 0.2) is 0 Å². The number of carbonyl (C=O) groups is 1. The zero-order valence-corrected chi connectivity index (χ0v) is 18.5. The quantitative estimate of drug-likeness (QED) is 0.362. The molecule has 0 amide bonds. The van der Waals surface area contributed by atoms with Crippen molar-refractivity contribution in [1.82, 2.24) is 4.90 Å². The summed E-state index contributed by atoms with van der Waals surface area (Å²) >= 11 is 0. The molecule has 0 aliphatic carbocycles. The van der Waals surface area contributed by atoms with Gasteiger partial charge >= 0.3 is 0 Å². The average Bonchev–Trinajstić information content (AvgIpc) is 2.55. The molecule has 25 heavy (non-hydrogen) atoms. The first-order chi connectivity index (χ1) is 11.5. The Kier molecular flexibility index (Phi) is 9.76. The van der Waals surface area contributed by atoms with E-state index >= 15 is 0 Å². The van der Waals surface area contributed by atoms with Crippen molar-refractivity contribution in [3.63, 3.8) is 0 Å². The summed E-state index contributed by atoms with van der Waals surface area (Å²) in [5, 5.41) is 0. The molecule has 0 N–H and O–H groups in total. The highest BCUT2D eigenvalue weighted by molar-refractivity contribution is 5.78. The van der Waals surface area contributed by atoms with Crippen LogP contribution in [-0.2, 0) is 4.79 Å². The van der Waals surface area contributed by atoms with Gasteiger partial charge in [-0.2, -0.15) is 0 Å². The molecule has 1 atom stereocenters. The molecule has 0 fully saturated rings. The molecule has 0 bridgehead atoms. The fourth-order valence-corrected chi connectivity index (χ4v) is 3.03. The molecular formula is C23H43NO. The van der Waals surface area contributed by atoms with Gasteiger partial charge in [0.2, 0.25) is 0 Å². The summed E-state index contributed by atoms with van der Waals surface area (Å²) < 4.78 is 0. The maximum atomic E-state index is 12.1. The van der Waals surface area contributed by atoms with E-state index in [0.29, 0.717) is 24.7 Å². The van der Waals surface area contributed by atoms with Crippen LogP contribution in [0.3, 0.4) is 0 Å². The third-order valence-corrected chi connectivity index (χ3v) is 6.21. The Bertz CT molecular complexity index is 470. The van der Waals surface area contributed by atoms with Gasteiger partial charge in [0.1, 0.15) is 5.78 Å². The van der Waals surface area contributed by atoms with Gasteiger partial charge in [-0.15, -0.1) is 0 Å². The lowest BCUT2D eigenvalue weighted by molar-refractivity contribution is -0.122. The van der Waals surface area contributed by atoms with Crippen molar-refractivity contribution < 1.29 is 4.79 Å². The van der Waals surface area contributed by atoms with E-state index in [9.17, 15) is 4.79 Å². The zero-order valence-electron chi connectivity index (χ0n) is 18.5. The first-order valence-corrected chi connectivity index (χ1v) is 10.1. The van der Waals surface area contributed by atoms with Crippen molar-refractivity contribution in [2.24, 2.45) is 10.8 Å². The van der Waals surface area contributed by atoms with E-state index in [0.717, 1.165) is 25.8 Å². The minimum absolute atomic E-state index is 0.0305. The maximum Gasteiger partial charge on any atom is 0.133 e. The summed E-state index contributed by atoms with van der Waals surface area (Å²) in [6.45, 7) is 25.1. The normalized spacial score (nSPS) is 14.4. The Morgan fingerprint density at radius 2 is 1.56 bits per heavy atom. The molecule has 0 saturated heterocycles. The van der Waals surface area contributed by atoms with Crippen molar-refractivity contribution >= 4 is 5.78 Å². The molecule has 0 radical (unpaired) electrons. The number of allylic oxidation sites excluding steroid dienone is 2. The van der Waals surface area contributed by atoms with Gasteiger partial charge in [-0.25, -0.2) is 0 Å². The second-order valence-electron chi connectivity index (χ2n) is 8.78. The smallest absolute Gasteiger partial charge is 0.133 e. The summed E-state index contributed by atoms with van der Waals surface area (Å²) in [5.74, 6) is 0.359. The highest BCUT2D eigenvalue weighted by Crippen LogP contribution is 2.46. The Morgan fingerprint density at radius 3 is 1.96 bits per heavy atom. The molecule has 0 aromatic heterocycles. The van der Waals surface area contributed by atoms with Gasteiger partial charge in [0, 0.05) is 31.1 Å². The lowest BCUT2D eigenvalue weighted by atomic mass is 9.63. The third-order valence-electron chi connectivity index (χ3n) is 6.21. The molecule has 1 unspecified atom stereocenters. The summed E-state index contributed by atoms with van der Waals surface area (Å²) in [6.07, 6.45) is 6.66. The number of Topliss-reactive ketones (excluding diaryl/α,β-unsaturated/α-hetero) is 1. The van der Waals surface area contributed by atoms with Gasteiger partial charge in [0.25, 0.3) is 0 Å². The van der Waals surface area contributed by atoms with Crippen LogP contribution in [0.15, 0.2) is 23.9 Å². The second-order valence-corrected chi connectivity index (χ2v) is 8.78.